The highest BCUT2D eigenvalue weighted by Gasteiger charge is 2.31. The Bertz CT molecular complexity index is 937. The quantitative estimate of drug-likeness (QED) is 0.723. The van der Waals surface area contributed by atoms with Gasteiger partial charge in [-0.05, 0) is 25.0 Å². The summed E-state index contributed by atoms with van der Waals surface area (Å²) in [6, 6.07) is 7.00. The van der Waals surface area contributed by atoms with E-state index in [2.05, 4.69) is 15.3 Å². The van der Waals surface area contributed by atoms with Gasteiger partial charge in [0.25, 0.3) is 5.56 Å². The Morgan fingerprint density at radius 1 is 1.33 bits per heavy atom. The number of benzene rings is 1. The average molecular weight is 341 g/mol. The molecule has 7 nitrogen and oxygen atoms in total. The van der Waals surface area contributed by atoms with Crippen LogP contribution in [0.25, 0.3) is 10.9 Å². The normalized spacial score (nSPS) is 17.5. The van der Waals surface area contributed by atoms with Crippen LogP contribution in [-0.4, -0.2) is 37.3 Å². The zero-order chi connectivity index (χ0) is 16.5. The third-order valence-corrected chi connectivity index (χ3v) is 5.10. The Kier molecular flexibility index (Phi) is 3.81. The van der Waals surface area contributed by atoms with Crippen LogP contribution in [-0.2, 0) is 11.3 Å². The van der Waals surface area contributed by atoms with Gasteiger partial charge in [-0.3, -0.25) is 9.59 Å². The van der Waals surface area contributed by atoms with Crippen molar-refractivity contribution >= 4 is 28.1 Å². The van der Waals surface area contributed by atoms with Gasteiger partial charge in [-0.15, -0.1) is 16.4 Å². The first-order chi connectivity index (χ1) is 11.7. The van der Waals surface area contributed by atoms with Crippen molar-refractivity contribution in [2.24, 2.45) is 0 Å². The third-order valence-electron chi connectivity index (χ3n) is 4.22. The number of thiazole rings is 1. The Labute approximate surface area is 141 Å². The van der Waals surface area contributed by atoms with Crippen molar-refractivity contribution in [3.63, 3.8) is 0 Å². The molecule has 8 heteroatoms. The van der Waals surface area contributed by atoms with Gasteiger partial charge in [-0.1, -0.05) is 17.3 Å². The van der Waals surface area contributed by atoms with Gasteiger partial charge < -0.3 is 4.90 Å². The van der Waals surface area contributed by atoms with Gasteiger partial charge in [0.05, 0.1) is 11.4 Å². The van der Waals surface area contributed by atoms with Gasteiger partial charge in [-0.25, -0.2) is 9.67 Å². The van der Waals surface area contributed by atoms with Gasteiger partial charge in [0.2, 0.25) is 5.91 Å². The SMILES string of the molecule is O=C(Cn1nnc2ccccc2c1=O)N1CCC[C@H]1c1nccs1. The van der Waals surface area contributed by atoms with E-state index in [9.17, 15) is 9.59 Å². The molecule has 4 rings (SSSR count). The molecule has 24 heavy (non-hydrogen) atoms. The fourth-order valence-electron chi connectivity index (χ4n) is 3.07. The lowest BCUT2D eigenvalue weighted by Crippen LogP contribution is -2.37. The molecule has 1 amide bonds. The van der Waals surface area contributed by atoms with Crippen LogP contribution in [0.5, 0.6) is 0 Å². The summed E-state index contributed by atoms with van der Waals surface area (Å²) in [6.45, 7) is 0.581. The van der Waals surface area contributed by atoms with Crippen molar-refractivity contribution in [3.05, 3.63) is 51.2 Å². The summed E-state index contributed by atoms with van der Waals surface area (Å²) < 4.78 is 1.14. The van der Waals surface area contributed by atoms with E-state index in [0.29, 0.717) is 17.4 Å². The Balaban J connectivity index is 1.60. The van der Waals surface area contributed by atoms with Gasteiger partial charge in [-0.2, -0.15) is 0 Å². The molecular formula is C16H15N5O2S. The second-order valence-corrected chi connectivity index (χ2v) is 6.61. The number of carbonyl (C=O) groups excluding carboxylic acids is 1. The zero-order valence-electron chi connectivity index (χ0n) is 12.8. The number of amides is 1. The molecule has 0 bridgehead atoms. The number of nitrogens with zero attached hydrogens (tertiary/aromatic N) is 5. The summed E-state index contributed by atoms with van der Waals surface area (Å²) in [5.41, 5.74) is 0.243. The molecule has 122 valence electrons. The van der Waals surface area contributed by atoms with Crippen molar-refractivity contribution in [2.45, 2.75) is 25.4 Å². The second kappa shape index (κ2) is 6.12. The molecule has 0 unspecified atom stereocenters. The number of rotatable bonds is 3. The Morgan fingerprint density at radius 2 is 2.21 bits per heavy atom. The highest BCUT2D eigenvalue weighted by Crippen LogP contribution is 2.32. The van der Waals surface area contributed by atoms with E-state index in [1.165, 1.54) is 0 Å². The molecule has 0 spiro atoms. The molecule has 1 atom stereocenters. The minimum atomic E-state index is -0.293. The number of carbonyl (C=O) groups is 1. The fourth-order valence-corrected chi connectivity index (χ4v) is 3.85. The van der Waals surface area contributed by atoms with Crippen LogP contribution in [0.3, 0.4) is 0 Å². The molecule has 0 radical (unpaired) electrons. The van der Waals surface area contributed by atoms with E-state index >= 15 is 0 Å². The molecular weight excluding hydrogens is 326 g/mol. The van der Waals surface area contributed by atoms with Gasteiger partial charge in [0.15, 0.2) is 0 Å². The molecule has 0 N–H and O–H groups in total. The van der Waals surface area contributed by atoms with Crippen LogP contribution in [0.4, 0.5) is 0 Å². The minimum absolute atomic E-state index is 0.00150. The molecule has 2 aromatic heterocycles. The summed E-state index contributed by atoms with van der Waals surface area (Å²) in [4.78, 5) is 31.3. The number of hydrogen-bond acceptors (Lipinski definition) is 6. The molecule has 1 aliphatic heterocycles. The summed E-state index contributed by atoms with van der Waals surface area (Å²) in [6.07, 6.45) is 3.59. The molecule has 3 aromatic rings. The van der Waals surface area contributed by atoms with Crippen molar-refractivity contribution < 1.29 is 4.79 Å². The highest BCUT2D eigenvalue weighted by atomic mass is 32.1. The van der Waals surface area contributed by atoms with Gasteiger partial charge in [0, 0.05) is 18.1 Å². The van der Waals surface area contributed by atoms with Crippen molar-refractivity contribution in [3.8, 4) is 0 Å². The lowest BCUT2D eigenvalue weighted by molar-refractivity contribution is -0.133. The van der Waals surface area contributed by atoms with Gasteiger partial charge >= 0.3 is 0 Å². The zero-order valence-corrected chi connectivity index (χ0v) is 13.6. The molecule has 1 aromatic carbocycles. The molecule has 3 heterocycles. The number of likely N-dealkylation sites (tertiary alicyclic amines) is 1. The van der Waals surface area contributed by atoms with Crippen LogP contribution in [0.2, 0.25) is 0 Å². The maximum absolute atomic E-state index is 12.7. The highest BCUT2D eigenvalue weighted by molar-refractivity contribution is 7.09. The molecule has 1 saturated heterocycles. The lowest BCUT2D eigenvalue weighted by atomic mass is 10.2. The first-order valence-electron chi connectivity index (χ1n) is 7.75. The summed E-state index contributed by atoms with van der Waals surface area (Å²) in [7, 11) is 0. The molecule has 0 aliphatic carbocycles. The topological polar surface area (TPSA) is 81.0 Å². The second-order valence-electron chi connectivity index (χ2n) is 5.68. The van der Waals surface area contributed by atoms with E-state index in [4.69, 9.17) is 0 Å². The van der Waals surface area contributed by atoms with Crippen LogP contribution < -0.4 is 5.56 Å². The van der Waals surface area contributed by atoms with E-state index in [-0.39, 0.29) is 24.1 Å². The molecule has 1 aliphatic rings. The van der Waals surface area contributed by atoms with E-state index in [0.717, 1.165) is 22.5 Å². The number of fused-ring (bicyclic) bond motifs is 1. The number of hydrogen-bond donors (Lipinski definition) is 0. The predicted molar refractivity (Wildman–Crippen MR) is 89.6 cm³/mol. The minimum Gasteiger partial charge on any atom is -0.332 e. The maximum Gasteiger partial charge on any atom is 0.278 e. The third kappa shape index (κ3) is 2.58. The average Bonchev–Trinajstić information content (AvgIpc) is 3.28. The summed E-state index contributed by atoms with van der Waals surface area (Å²) in [5.74, 6) is -0.126. The van der Waals surface area contributed by atoms with Gasteiger partial charge in [0.1, 0.15) is 17.1 Å². The molecule has 1 fully saturated rings. The van der Waals surface area contributed by atoms with Crippen LogP contribution >= 0.6 is 11.3 Å². The summed E-state index contributed by atoms with van der Waals surface area (Å²) in [5, 5.41) is 11.2. The predicted octanol–water partition coefficient (Wildman–Crippen LogP) is 1.61. The van der Waals surface area contributed by atoms with E-state index in [1.807, 2.05) is 5.38 Å². The standard InChI is InChI=1S/C16H15N5O2S/c22-14(20-8-3-6-13(20)15-17-7-9-24-15)10-21-16(23)11-4-1-2-5-12(11)18-19-21/h1-2,4-5,7,9,13H,3,6,8,10H2/t13-/m0/s1. The van der Waals surface area contributed by atoms with Crippen LogP contribution in [0.1, 0.15) is 23.9 Å². The Hall–Kier alpha value is -2.61. The van der Waals surface area contributed by atoms with Crippen LogP contribution in [0.15, 0.2) is 40.6 Å². The molecule has 0 saturated carbocycles. The largest absolute Gasteiger partial charge is 0.332 e. The first kappa shape index (κ1) is 14.9. The maximum atomic E-state index is 12.7. The van der Waals surface area contributed by atoms with E-state index < -0.39 is 0 Å². The van der Waals surface area contributed by atoms with Crippen molar-refractivity contribution in [1.82, 2.24) is 24.9 Å². The first-order valence-corrected chi connectivity index (χ1v) is 8.63. The fraction of sp³-hybridized carbons (Fsp3) is 0.312. The Morgan fingerprint density at radius 3 is 3.04 bits per heavy atom. The smallest absolute Gasteiger partial charge is 0.278 e. The van der Waals surface area contributed by atoms with Crippen molar-refractivity contribution in [2.75, 3.05) is 6.54 Å². The number of aromatic nitrogens is 4. The monoisotopic (exact) mass is 341 g/mol. The lowest BCUT2D eigenvalue weighted by Gasteiger charge is -2.23. The summed E-state index contributed by atoms with van der Waals surface area (Å²) >= 11 is 1.55. The van der Waals surface area contributed by atoms with Crippen LogP contribution in [0, 0.1) is 0 Å². The van der Waals surface area contributed by atoms with Crippen molar-refractivity contribution in [1.29, 1.82) is 0 Å². The van der Waals surface area contributed by atoms with E-state index in [1.54, 1.807) is 46.7 Å².